The minimum Gasteiger partial charge on any atom is -0.0817 e. The predicted molar refractivity (Wildman–Crippen MR) is 101 cm³/mol. The number of aryl methyl sites for hydroxylation is 1. The molecule has 1 fully saturated rings. The average molecular weight is 311 g/mol. The third-order valence-electron chi connectivity index (χ3n) is 7.32. The molecule has 0 nitrogen and oxygen atoms in total. The van der Waals surface area contributed by atoms with Gasteiger partial charge in [-0.1, -0.05) is 64.1 Å². The minimum absolute atomic E-state index is 0.437. The van der Waals surface area contributed by atoms with Gasteiger partial charge in [-0.15, -0.1) is 0 Å². The maximum Gasteiger partial charge on any atom is -0.00918 e. The molecule has 2 bridgehead atoms. The third-order valence-corrected chi connectivity index (χ3v) is 7.32. The molecule has 126 valence electrons. The van der Waals surface area contributed by atoms with Gasteiger partial charge in [0.25, 0.3) is 0 Å². The van der Waals surface area contributed by atoms with Crippen molar-refractivity contribution in [3.63, 3.8) is 0 Å². The van der Waals surface area contributed by atoms with E-state index in [1.54, 1.807) is 5.56 Å². The molecule has 3 aliphatic rings. The molecule has 1 aromatic carbocycles. The minimum atomic E-state index is 0.437. The first-order chi connectivity index (χ1) is 10.9. The monoisotopic (exact) mass is 310 g/mol. The van der Waals surface area contributed by atoms with Crippen LogP contribution in [0.4, 0.5) is 0 Å². The molecule has 1 aromatic rings. The van der Waals surface area contributed by atoms with Crippen molar-refractivity contribution in [2.45, 2.75) is 72.6 Å². The highest BCUT2D eigenvalue weighted by Gasteiger charge is 2.49. The Morgan fingerprint density at radius 3 is 2.43 bits per heavy atom. The molecule has 4 unspecified atom stereocenters. The van der Waals surface area contributed by atoms with Crippen LogP contribution in [-0.2, 0) is 0 Å². The molecule has 0 aromatic heterocycles. The van der Waals surface area contributed by atoms with Gasteiger partial charge in [-0.2, -0.15) is 0 Å². The standard InChI is InChI=1S/C23H34/c1-6-19(21-10-8-7-9-18(21)4)15-20-16-23(17(2)3)13-11-22(20,5)12-14-23/h7-11,13,17,19-20H,6,12,14-16H2,1-5H3. The third kappa shape index (κ3) is 2.90. The van der Waals surface area contributed by atoms with Gasteiger partial charge in [-0.05, 0) is 78.7 Å². The van der Waals surface area contributed by atoms with Gasteiger partial charge in [0.15, 0.2) is 0 Å². The van der Waals surface area contributed by atoms with Crippen molar-refractivity contribution < 1.29 is 0 Å². The summed E-state index contributed by atoms with van der Waals surface area (Å²) in [6, 6.07) is 9.03. The van der Waals surface area contributed by atoms with Crippen LogP contribution in [0.25, 0.3) is 0 Å². The molecule has 0 saturated heterocycles. The highest BCUT2D eigenvalue weighted by Crippen LogP contribution is 2.60. The highest BCUT2D eigenvalue weighted by molar-refractivity contribution is 5.30. The quantitative estimate of drug-likeness (QED) is 0.519. The first-order valence-electron chi connectivity index (χ1n) is 9.66. The highest BCUT2D eigenvalue weighted by atomic mass is 14.5. The van der Waals surface area contributed by atoms with Crippen LogP contribution in [0.5, 0.6) is 0 Å². The molecule has 0 heterocycles. The summed E-state index contributed by atoms with van der Waals surface area (Å²) in [7, 11) is 0. The Bertz CT molecular complexity index is 581. The Morgan fingerprint density at radius 1 is 1.13 bits per heavy atom. The Hall–Kier alpha value is -1.04. The van der Waals surface area contributed by atoms with E-state index < -0.39 is 0 Å². The van der Waals surface area contributed by atoms with E-state index in [0.29, 0.717) is 10.8 Å². The number of hydrogen-bond acceptors (Lipinski definition) is 0. The van der Waals surface area contributed by atoms with Crippen molar-refractivity contribution >= 4 is 0 Å². The Kier molecular flexibility index (Phi) is 4.47. The van der Waals surface area contributed by atoms with Gasteiger partial charge in [-0.3, -0.25) is 0 Å². The Morgan fingerprint density at radius 2 is 1.87 bits per heavy atom. The summed E-state index contributed by atoms with van der Waals surface area (Å²) in [6.45, 7) is 12.0. The number of fused-ring (bicyclic) bond motifs is 2. The zero-order valence-electron chi connectivity index (χ0n) is 15.7. The SMILES string of the molecule is CCC(CC1CC2(C(C)C)C=CC1(C)CC2)c1ccccc1C. The van der Waals surface area contributed by atoms with Crippen molar-refractivity contribution in [2.75, 3.05) is 0 Å². The van der Waals surface area contributed by atoms with Gasteiger partial charge in [0.1, 0.15) is 0 Å². The molecule has 0 heteroatoms. The molecule has 0 amide bonds. The van der Waals surface area contributed by atoms with Gasteiger partial charge < -0.3 is 0 Å². The second kappa shape index (κ2) is 6.11. The number of benzene rings is 1. The van der Waals surface area contributed by atoms with Crippen LogP contribution >= 0.6 is 0 Å². The molecular formula is C23H34. The zero-order chi connectivity index (χ0) is 16.7. The summed E-state index contributed by atoms with van der Waals surface area (Å²) in [5.41, 5.74) is 3.97. The summed E-state index contributed by atoms with van der Waals surface area (Å²) in [4.78, 5) is 0. The van der Waals surface area contributed by atoms with E-state index in [0.717, 1.165) is 17.8 Å². The summed E-state index contributed by atoms with van der Waals surface area (Å²) >= 11 is 0. The second-order valence-corrected chi connectivity index (χ2v) is 8.83. The molecule has 3 aliphatic carbocycles. The lowest BCUT2D eigenvalue weighted by atomic mass is 9.50. The fourth-order valence-corrected chi connectivity index (χ4v) is 5.20. The van der Waals surface area contributed by atoms with Crippen molar-refractivity contribution in [2.24, 2.45) is 22.7 Å². The zero-order valence-corrected chi connectivity index (χ0v) is 15.7. The number of allylic oxidation sites excluding steroid dienone is 2. The first kappa shape index (κ1) is 16.8. The number of rotatable bonds is 5. The summed E-state index contributed by atoms with van der Waals surface area (Å²) in [5, 5.41) is 0. The summed E-state index contributed by atoms with van der Waals surface area (Å²) < 4.78 is 0. The fourth-order valence-electron chi connectivity index (χ4n) is 5.20. The van der Waals surface area contributed by atoms with Crippen molar-refractivity contribution in [1.29, 1.82) is 0 Å². The molecule has 0 spiro atoms. The fraction of sp³-hybridized carbons (Fsp3) is 0.652. The largest absolute Gasteiger partial charge is 0.0817 e. The summed E-state index contributed by atoms with van der Waals surface area (Å²) in [5.74, 6) is 2.33. The lowest BCUT2D eigenvalue weighted by Gasteiger charge is -2.55. The van der Waals surface area contributed by atoms with Gasteiger partial charge in [0, 0.05) is 0 Å². The maximum atomic E-state index is 2.59. The Labute approximate surface area is 143 Å². The molecule has 23 heavy (non-hydrogen) atoms. The van der Waals surface area contributed by atoms with Crippen LogP contribution in [0.1, 0.15) is 76.8 Å². The number of hydrogen-bond donors (Lipinski definition) is 0. The maximum absolute atomic E-state index is 2.59. The molecule has 0 radical (unpaired) electrons. The smallest absolute Gasteiger partial charge is 0.00918 e. The lowest BCUT2D eigenvalue weighted by molar-refractivity contribution is 0.0228. The molecular weight excluding hydrogens is 276 g/mol. The van der Waals surface area contributed by atoms with Crippen molar-refractivity contribution in [3.8, 4) is 0 Å². The molecule has 4 atom stereocenters. The first-order valence-corrected chi connectivity index (χ1v) is 9.66. The van der Waals surface area contributed by atoms with Crippen molar-refractivity contribution in [3.05, 3.63) is 47.5 Å². The van der Waals surface area contributed by atoms with E-state index in [2.05, 4.69) is 71.0 Å². The molecule has 0 aliphatic heterocycles. The van der Waals surface area contributed by atoms with Crippen LogP contribution in [0.2, 0.25) is 0 Å². The van der Waals surface area contributed by atoms with E-state index in [1.165, 1.54) is 37.7 Å². The van der Waals surface area contributed by atoms with E-state index in [1.807, 2.05) is 0 Å². The Balaban J connectivity index is 1.85. The predicted octanol–water partition coefficient (Wildman–Crippen LogP) is 6.90. The van der Waals surface area contributed by atoms with Crippen molar-refractivity contribution in [1.82, 2.24) is 0 Å². The topological polar surface area (TPSA) is 0 Å². The van der Waals surface area contributed by atoms with E-state index in [4.69, 9.17) is 0 Å². The summed E-state index contributed by atoms with van der Waals surface area (Å²) in [6.07, 6.45) is 12.0. The van der Waals surface area contributed by atoms with Crippen LogP contribution in [-0.4, -0.2) is 0 Å². The van der Waals surface area contributed by atoms with Crippen LogP contribution < -0.4 is 0 Å². The van der Waals surface area contributed by atoms with E-state index in [9.17, 15) is 0 Å². The van der Waals surface area contributed by atoms with Gasteiger partial charge in [0.05, 0.1) is 0 Å². The molecule has 1 saturated carbocycles. The molecule has 4 rings (SSSR count). The van der Waals surface area contributed by atoms with Crippen LogP contribution in [0.15, 0.2) is 36.4 Å². The van der Waals surface area contributed by atoms with Crippen LogP contribution in [0, 0.1) is 29.6 Å². The second-order valence-electron chi connectivity index (χ2n) is 8.83. The average Bonchev–Trinajstić information content (AvgIpc) is 2.54. The van der Waals surface area contributed by atoms with E-state index >= 15 is 0 Å². The van der Waals surface area contributed by atoms with Crippen LogP contribution in [0.3, 0.4) is 0 Å². The van der Waals surface area contributed by atoms with Gasteiger partial charge in [0.2, 0.25) is 0 Å². The normalized spacial score (nSPS) is 34.1. The van der Waals surface area contributed by atoms with E-state index in [-0.39, 0.29) is 0 Å². The molecule has 0 N–H and O–H groups in total. The van der Waals surface area contributed by atoms with Gasteiger partial charge >= 0.3 is 0 Å². The lowest BCUT2D eigenvalue weighted by Crippen LogP contribution is -2.45. The van der Waals surface area contributed by atoms with Gasteiger partial charge in [-0.25, -0.2) is 0 Å².